The predicted octanol–water partition coefficient (Wildman–Crippen LogP) is 9.56. The van der Waals surface area contributed by atoms with Crippen LogP contribution in [0, 0.1) is 0 Å². The van der Waals surface area contributed by atoms with Crippen molar-refractivity contribution in [2.75, 3.05) is 7.05 Å². The number of fused-ring (bicyclic) bond motifs is 1. The van der Waals surface area contributed by atoms with Crippen molar-refractivity contribution >= 4 is 27.9 Å². The van der Waals surface area contributed by atoms with Crippen molar-refractivity contribution in [3.8, 4) is 0 Å². The number of halogens is 1. The Kier molecular flexibility index (Phi) is 11.0. The van der Waals surface area contributed by atoms with Gasteiger partial charge in [0.15, 0.2) is 0 Å². The van der Waals surface area contributed by atoms with Crippen LogP contribution in [0.4, 0.5) is 0 Å². The highest BCUT2D eigenvalue weighted by atomic mass is 35.5. The Labute approximate surface area is 222 Å². The molecule has 3 aromatic rings. The molecule has 186 valence electrons. The Bertz CT molecular complexity index is 1300. The molecule has 0 bridgehead atoms. The molecule has 1 N–H and O–H groups in total. The van der Waals surface area contributed by atoms with Crippen molar-refractivity contribution in [2.45, 2.75) is 46.6 Å². The molecule has 0 saturated heterocycles. The van der Waals surface area contributed by atoms with Gasteiger partial charge in [0, 0.05) is 11.6 Å². The summed E-state index contributed by atoms with van der Waals surface area (Å²) in [5.74, 6) is 0. The van der Waals surface area contributed by atoms with Crippen LogP contribution < -0.4 is 5.32 Å². The second-order valence-electron chi connectivity index (χ2n) is 8.85. The third-order valence-corrected chi connectivity index (χ3v) is 6.49. The molecule has 0 aliphatic heterocycles. The van der Waals surface area contributed by atoms with Crippen LogP contribution in [-0.2, 0) is 13.0 Å². The van der Waals surface area contributed by atoms with Crippen LogP contribution in [0.5, 0.6) is 0 Å². The highest BCUT2D eigenvalue weighted by molar-refractivity contribution is 6.32. The lowest BCUT2D eigenvalue weighted by molar-refractivity contribution is 0.824. The molecule has 2 heteroatoms. The molecule has 0 heterocycles. The summed E-state index contributed by atoms with van der Waals surface area (Å²) in [6.45, 7) is 7.07. The van der Waals surface area contributed by atoms with Crippen molar-refractivity contribution in [1.29, 1.82) is 0 Å². The minimum atomic E-state index is 0.925. The quantitative estimate of drug-likeness (QED) is 0.371. The average molecular weight is 496 g/mol. The van der Waals surface area contributed by atoms with Crippen molar-refractivity contribution in [3.05, 3.63) is 136 Å². The normalized spacial score (nSPS) is 14.4. The van der Waals surface area contributed by atoms with E-state index in [2.05, 4.69) is 115 Å². The fourth-order valence-corrected chi connectivity index (χ4v) is 4.77. The molecule has 0 saturated carbocycles. The van der Waals surface area contributed by atoms with Gasteiger partial charge >= 0.3 is 0 Å². The maximum Gasteiger partial charge on any atom is 0.0404 e. The summed E-state index contributed by atoms with van der Waals surface area (Å²) in [6.07, 6.45) is 15.9. The van der Waals surface area contributed by atoms with Gasteiger partial charge in [0.1, 0.15) is 0 Å². The molecule has 2 aliphatic rings. The SMILES string of the molecule is CC.CC1=CC(Cl)=C(Cc2cccc(C3=CC=CCC=C3)c2)C1.CNCc1cccc2ccccc12. The zero-order valence-corrected chi connectivity index (χ0v) is 22.8. The van der Waals surface area contributed by atoms with Crippen LogP contribution in [0.25, 0.3) is 16.3 Å². The molecular formula is C34H38ClN. The summed E-state index contributed by atoms with van der Waals surface area (Å²) in [5, 5.41) is 6.76. The number of nitrogens with one attached hydrogen (secondary N) is 1. The highest BCUT2D eigenvalue weighted by Crippen LogP contribution is 2.31. The number of rotatable bonds is 5. The van der Waals surface area contributed by atoms with E-state index in [4.69, 9.17) is 11.6 Å². The number of hydrogen-bond donors (Lipinski definition) is 1. The molecule has 0 atom stereocenters. The lowest BCUT2D eigenvalue weighted by Gasteiger charge is -2.08. The zero-order chi connectivity index (χ0) is 25.8. The van der Waals surface area contributed by atoms with Crippen LogP contribution in [0.3, 0.4) is 0 Å². The van der Waals surface area contributed by atoms with Gasteiger partial charge in [0.05, 0.1) is 0 Å². The first-order valence-corrected chi connectivity index (χ1v) is 13.3. The van der Waals surface area contributed by atoms with Gasteiger partial charge in [-0.3, -0.25) is 0 Å². The summed E-state index contributed by atoms with van der Waals surface area (Å²) in [6, 6.07) is 23.7. The van der Waals surface area contributed by atoms with Crippen LogP contribution in [0.15, 0.2) is 119 Å². The second-order valence-corrected chi connectivity index (χ2v) is 9.26. The molecule has 0 unspecified atom stereocenters. The highest BCUT2D eigenvalue weighted by Gasteiger charge is 2.12. The third-order valence-electron chi connectivity index (χ3n) is 6.11. The van der Waals surface area contributed by atoms with E-state index in [0.717, 1.165) is 30.8 Å². The monoisotopic (exact) mass is 495 g/mol. The van der Waals surface area contributed by atoms with E-state index in [1.54, 1.807) is 0 Å². The zero-order valence-electron chi connectivity index (χ0n) is 22.0. The van der Waals surface area contributed by atoms with Crippen molar-refractivity contribution < 1.29 is 0 Å². The van der Waals surface area contributed by atoms with Crippen LogP contribution >= 0.6 is 11.6 Å². The number of hydrogen-bond acceptors (Lipinski definition) is 1. The molecule has 1 nitrogen and oxygen atoms in total. The predicted molar refractivity (Wildman–Crippen MR) is 160 cm³/mol. The molecule has 3 aromatic carbocycles. The van der Waals surface area contributed by atoms with Crippen molar-refractivity contribution in [2.24, 2.45) is 0 Å². The van der Waals surface area contributed by atoms with Gasteiger partial charge in [0.2, 0.25) is 0 Å². The lowest BCUT2D eigenvalue weighted by Crippen LogP contribution is -2.05. The number of benzene rings is 3. The summed E-state index contributed by atoms with van der Waals surface area (Å²) in [4.78, 5) is 0. The van der Waals surface area contributed by atoms with Crippen LogP contribution in [-0.4, -0.2) is 7.05 Å². The van der Waals surface area contributed by atoms with Gasteiger partial charge in [-0.1, -0.05) is 128 Å². The molecule has 36 heavy (non-hydrogen) atoms. The molecule has 2 aliphatic carbocycles. The van der Waals surface area contributed by atoms with Crippen molar-refractivity contribution in [1.82, 2.24) is 5.32 Å². The van der Waals surface area contributed by atoms with E-state index in [0.29, 0.717) is 0 Å². The van der Waals surface area contributed by atoms with Gasteiger partial charge in [-0.25, -0.2) is 0 Å². The first kappa shape index (κ1) is 27.5. The van der Waals surface area contributed by atoms with Gasteiger partial charge in [-0.05, 0) is 77.9 Å². The summed E-state index contributed by atoms with van der Waals surface area (Å²) >= 11 is 6.30. The standard InChI is InChI=1S/C20H19Cl.C12H13N.C2H6/c1-15-11-19(20(21)12-15)14-16-7-6-10-18(13-16)17-8-4-2-3-5-9-17;1-13-9-11-7-4-6-10-5-2-3-8-12(10)11;1-2/h2,4-10,12-13H,3,11,14H2,1H3;2-8,13H,9H2,1H3;1-2H3. The fourth-order valence-electron chi connectivity index (χ4n) is 4.45. The molecular weight excluding hydrogens is 458 g/mol. The van der Waals surface area contributed by atoms with Gasteiger partial charge in [-0.15, -0.1) is 0 Å². The van der Waals surface area contributed by atoms with Crippen LogP contribution in [0.2, 0.25) is 0 Å². The Morgan fingerprint density at radius 1 is 0.917 bits per heavy atom. The maximum atomic E-state index is 6.30. The summed E-state index contributed by atoms with van der Waals surface area (Å²) < 4.78 is 0. The topological polar surface area (TPSA) is 12.0 Å². The fraction of sp³-hybridized carbons (Fsp3) is 0.235. The van der Waals surface area contributed by atoms with Crippen molar-refractivity contribution in [3.63, 3.8) is 0 Å². The molecule has 0 aromatic heterocycles. The minimum Gasteiger partial charge on any atom is -0.316 e. The molecule has 0 fully saturated rings. The van der Waals surface area contributed by atoms with E-state index in [-0.39, 0.29) is 0 Å². The molecule has 0 radical (unpaired) electrons. The molecule has 0 spiro atoms. The largest absolute Gasteiger partial charge is 0.316 e. The average Bonchev–Trinajstić information content (AvgIpc) is 3.08. The Hall–Kier alpha value is -3.13. The van der Waals surface area contributed by atoms with E-state index >= 15 is 0 Å². The second kappa shape index (κ2) is 14.4. The number of allylic oxidation sites excluding steroid dienone is 10. The Morgan fingerprint density at radius 2 is 1.69 bits per heavy atom. The Balaban J connectivity index is 0.000000206. The van der Waals surface area contributed by atoms with E-state index in [1.807, 2.05) is 20.9 Å². The first-order chi connectivity index (χ1) is 17.6. The first-order valence-electron chi connectivity index (χ1n) is 12.9. The minimum absolute atomic E-state index is 0.925. The van der Waals surface area contributed by atoms with Crippen LogP contribution in [0.1, 0.15) is 50.3 Å². The van der Waals surface area contributed by atoms with Gasteiger partial charge < -0.3 is 5.32 Å². The molecule has 5 rings (SSSR count). The Morgan fingerprint density at radius 3 is 2.47 bits per heavy atom. The van der Waals surface area contributed by atoms with E-state index in [1.165, 1.54) is 44.2 Å². The van der Waals surface area contributed by atoms with Gasteiger partial charge in [0.25, 0.3) is 0 Å². The lowest BCUT2D eigenvalue weighted by atomic mass is 9.98. The van der Waals surface area contributed by atoms with E-state index < -0.39 is 0 Å². The third kappa shape index (κ3) is 7.68. The smallest absolute Gasteiger partial charge is 0.0404 e. The summed E-state index contributed by atoms with van der Waals surface area (Å²) in [7, 11) is 1.97. The molecule has 0 amide bonds. The maximum absolute atomic E-state index is 6.30. The van der Waals surface area contributed by atoms with Gasteiger partial charge in [-0.2, -0.15) is 0 Å². The van der Waals surface area contributed by atoms with E-state index in [9.17, 15) is 0 Å². The summed E-state index contributed by atoms with van der Waals surface area (Å²) in [5.41, 5.74) is 7.91.